The van der Waals surface area contributed by atoms with Gasteiger partial charge in [0.25, 0.3) is 0 Å². The van der Waals surface area contributed by atoms with Gasteiger partial charge in [-0.2, -0.15) is 11.1 Å². The molecule has 0 aliphatic carbocycles. The van der Waals surface area contributed by atoms with Crippen molar-refractivity contribution < 1.29 is 0 Å². The van der Waals surface area contributed by atoms with Crippen molar-refractivity contribution in [3.8, 4) is 0 Å². The summed E-state index contributed by atoms with van der Waals surface area (Å²) in [5, 5.41) is 0. The Morgan fingerprint density at radius 2 is 1.70 bits per heavy atom. The van der Waals surface area contributed by atoms with Crippen molar-refractivity contribution >= 4 is 25.6 Å². The first-order valence-corrected chi connectivity index (χ1v) is 11.8. The van der Waals surface area contributed by atoms with Gasteiger partial charge in [0.2, 0.25) is 0 Å². The first kappa shape index (κ1) is 10.5. The van der Waals surface area contributed by atoms with E-state index in [-0.39, 0.29) is 0 Å². The minimum Gasteiger partial charge on any atom is -0.171 e. The summed E-state index contributed by atoms with van der Waals surface area (Å²) < 4.78 is 0. The molecule has 0 radical (unpaired) electrons. The fraction of sp³-hybridized carbons (Fsp3) is 0.714. The van der Waals surface area contributed by atoms with E-state index in [0.29, 0.717) is 0 Å². The summed E-state index contributed by atoms with van der Waals surface area (Å²) in [5.74, 6) is 0. The zero-order valence-corrected chi connectivity index (χ0v) is 10.1. The maximum atomic E-state index is 6.36. The van der Waals surface area contributed by atoms with Crippen molar-refractivity contribution in [2.75, 3.05) is 0 Å². The van der Waals surface area contributed by atoms with Crippen LogP contribution in [0.1, 0.15) is 0 Å². The molecule has 0 saturated heterocycles. The van der Waals surface area contributed by atoms with Gasteiger partial charge in [0.1, 0.15) is 6.90 Å². The lowest BCUT2D eigenvalue weighted by atomic mass is 10.8. The van der Waals surface area contributed by atoms with Crippen molar-refractivity contribution in [2.24, 2.45) is 0 Å². The first-order chi connectivity index (χ1) is 4.31. The second-order valence-corrected chi connectivity index (χ2v) is 22.6. The Labute approximate surface area is 70.8 Å². The van der Waals surface area contributed by atoms with Gasteiger partial charge >= 0.3 is 0 Å². The molecule has 0 atom stereocenters. The maximum absolute atomic E-state index is 6.36. The molecule has 0 aliphatic heterocycles. The number of hydrogen-bond acceptors (Lipinski definition) is 0. The third-order valence-electron chi connectivity index (χ3n) is 2.26. The Bertz CT molecular complexity index is 124. The highest BCUT2D eigenvalue weighted by molar-refractivity contribution is 7.58. The van der Waals surface area contributed by atoms with Gasteiger partial charge in [-0.1, -0.05) is 32.3 Å². The smallest absolute Gasteiger partial charge is 0.141 e. The van der Waals surface area contributed by atoms with Crippen LogP contribution < -0.4 is 0 Å². The molecule has 0 aliphatic rings. The minimum atomic E-state index is -1.37. The normalized spacial score (nSPS) is 13.3. The van der Waals surface area contributed by atoms with E-state index in [1.165, 1.54) is 0 Å². The Morgan fingerprint density at radius 3 is 1.80 bits per heavy atom. The Morgan fingerprint density at radius 1 is 1.30 bits per heavy atom. The number of halogens is 1. The van der Waals surface area contributed by atoms with Gasteiger partial charge in [-0.3, -0.25) is 0 Å². The number of allylic oxidation sites excluding steroid dienone is 1. The van der Waals surface area contributed by atoms with Gasteiger partial charge in [-0.15, -0.1) is 6.58 Å². The number of rotatable bonds is 3. The molecule has 10 heavy (non-hydrogen) atoms. The van der Waals surface area contributed by atoms with Gasteiger partial charge in [0.15, 0.2) is 0 Å². The molecule has 3 heteroatoms. The van der Waals surface area contributed by atoms with Gasteiger partial charge in [0.05, 0.1) is 7.59 Å². The summed E-state index contributed by atoms with van der Waals surface area (Å²) >= 11 is 6.36. The molecule has 0 bridgehead atoms. The van der Waals surface area contributed by atoms with Crippen molar-refractivity contribution in [2.45, 2.75) is 32.2 Å². The topological polar surface area (TPSA) is 0 Å². The predicted octanol–water partition coefficient (Wildman–Crippen LogP) is 3.40. The van der Waals surface area contributed by atoms with Gasteiger partial charge in [0, 0.05) is 0 Å². The molecule has 0 amide bonds. The lowest BCUT2D eigenvalue weighted by Crippen LogP contribution is -2.49. The first-order valence-electron chi connectivity index (χ1n) is 3.61. The van der Waals surface area contributed by atoms with E-state index in [9.17, 15) is 0 Å². The van der Waals surface area contributed by atoms with Crippen LogP contribution in [0.4, 0.5) is 0 Å². The van der Waals surface area contributed by atoms with Crippen LogP contribution in [0.5, 0.6) is 0 Å². The summed E-state index contributed by atoms with van der Waals surface area (Å²) in [6, 6.07) is 1.16. The van der Waals surface area contributed by atoms with Gasteiger partial charge in [-0.25, -0.2) is 0 Å². The highest BCUT2D eigenvalue weighted by Crippen LogP contribution is 2.26. The zero-order chi connectivity index (χ0) is 8.41. The third-order valence-corrected chi connectivity index (χ3v) is 21.7. The third kappa shape index (κ3) is 2.60. The molecular weight excluding hydrogens is 176 g/mol. The second kappa shape index (κ2) is 3.24. The molecule has 0 rings (SSSR count). The standard InChI is InChI=1S/C7H17ClSi2/c1-6-7-9(2,3)10(4,5)8/h6H,1,7H2,2-5H3. The summed E-state index contributed by atoms with van der Waals surface area (Å²) in [6.45, 7) is 11.6. The second-order valence-electron chi connectivity index (χ2n) is 3.85. The van der Waals surface area contributed by atoms with Crippen molar-refractivity contribution in [1.29, 1.82) is 0 Å². The lowest BCUT2D eigenvalue weighted by molar-refractivity contribution is 1.58. The SMILES string of the molecule is C=CC[Si](C)(C)[Si](C)(C)Cl. The Balaban J connectivity index is 4.23. The molecule has 0 spiro atoms. The Kier molecular flexibility index (Phi) is 3.39. The average Bonchev–Trinajstić information content (AvgIpc) is 1.61. The molecule has 0 nitrogen and oxygen atoms in total. The van der Waals surface area contributed by atoms with Crippen LogP contribution in [-0.2, 0) is 0 Å². The molecule has 0 unspecified atom stereocenters. The Hall–Kier alpha value is 0.464. The lowest BCUT2D eigenvalue weighted by Gasteiger charge is -2.31. The van der Waals surface area contributed by atoms with E-state index < -0.39 is 14.5 Å². The van der Waals surface area contributed by atoms with E-state index in [0.717, 1.165) is 6.04 Å². The van der Waals surface area contributed by atoms with Crippen molar-refractivity contribution in [1.82, 2.24) is 0 Å². The molecular formula is C7H17ClSi2. The largest absolute Gasteiger partial charge is 0.171 e. The summed E-state index contributed by atoms with van der Waals surface area (Å²) in [6.07, 6.45) is 2.02. The van der Waals surface area contributed by atoms with Crippen LogP contribution in [0.3, 0.4) is 0 Å². The number of hydrogen-bond donors (Lipinski definition) is 0. The predicted molar refractivity (Wildman–Crippen MR) is 55.8 cm³/mol. The fourth-order valence-corrected chi connectivity index (χ4v) is 4.39. The van der Waals surface area contributed by atoms with Crippen molar-refractivity contribution in [3.63, 3.8) is 0 Å². The van der Waals surface area contributed by atoms with Crippen LogP contribution in [0.2, 0.25) is 32.2 Å². The molecule has 0 fully saturated rings. The molecule has 0 aromatic heterocycles. The van der Waals surface area contributed by atoms with Gasteiger partial charge in [-0.05, 0) is 6.04 Å². The van der Waals surface area contributed by atoms with Gasteiger partial charge < -0.3 is 0 Å². The quantitative estimate of drug-likeness (QED) is 0.366. The van der Waals surface area contributed by atoms with Crippen molar-refractivity contribution in [3.05, 3.63) is 12.7 Å². The summed E-state index contributed by atoms with van der Waals surface area (Å²) in [5.41, 5.74) is 0. The monoisotopic (exact) mass is 192 g/mol. The van der Waals surface area contributed by atoms with E-state index in [1.54, 1.807) is 0 Å². The molecule has 0 heterocycles. The van der Waals surface area contributed by atoms with Crippen LogP contribution in [0, 0.1) is 0 Å². The van der Waals surface area contributed by atoms with E-state index in [4.69, 9.17) is 11.1 Å². The summed E-state index contributed by atoms with van der Waals surface area (Å²) in [4.78, 5) is 0. The minimum absolute atomic E-state index is 1.12. The average molecular weight is 193 g/mol. The van der Waals surface area contributed by atoms with Crippen LogP contribution in [0.25, 0.3) is 0 Å². The molecule has 0 saturated carbocycles. The van der Waals surface area contributed by atoms with Crippen LogP contribution >= 0.6 is 11.1 Å². The highest BCUT2D eigenvalue weighted by atomic mass is 35.6. The van der Waals surface area contributed by atoms with E-state index in [2.05, 4.69) is 32.8 Å². The van der Waals surface area contributed by atoms with E-state index in [1.807, 2.05) is 6.08 Å². The maximum Gasteiger partial charge on any atom is 0.141 e. The van der Waals surface area contributed by atoms with E-state index >= 15 is 0 Å². The van der Waals surface area contributed by atoms with Crippen LogP contribution in [-0.4, -0.2) is 14.5 Å². The van der Waals surface area contributed by atoms with Crippen LogP contribution in [0.15, 0.2) is 12.7 Å². The molecule has 0 aromatic carbocycles. The zero-order valence-electron chi connectivity index (χ0n) is 7.37. The highest BCUT2D eigenvalue weighted by Gasteiger charge is 2.38. The summed E-state index contributed by atoms with van der Waals surface area (Å²) in [7, 11) is -1.12. The molecule has 0 N–H and O–H groups in total. The molecule has 0 aromatic rings. The molecule has 60 valence electrons. The fourth-order valence-electron chi connectivity index (χ4n) is 0.604.